The van der Waals surface area contributed by atoms with Crippen molar-refractivity contribution in [3.05, 3.63) is 35.1 Å². The van der Waals surface area contributed by atoms with Crippen molar-refractivity contribution in [1.82, 2.24) is 0 Å². The molecule has 2 unspecified atom stereocenters. The van der Waals surface area contributed by atoms with Crippen LogP contribution >= 0.6 is 0 Å². The highest BCUT2D eigenvalue weighted by Crippen LogP contribution is 2.38. The molecule has 2 atom stereocenters. The number of halogens is 4. The van der Waals surface area contributed by atoms with Gasteiger partial charge >= 0.3 is 6.18 Å². The number of Topliss-reactive ketones (excluding diaryl/α,β-unsaturated/α-hetero) is 1. The fraction of sp³-hybridized carbons (Fsp3) is 0.588. The van der Waals surface area contributed by atoms with E-state index in [1.165, 1.54) is 0 Å². The molecule has 0 N–H and O–H groups in total. The Hall–Kier alpha value is -1.24. The Morgan fingerprint density at radius 2 is 1.75 bits per heavy atom. The molecule has 0 radical (unpaired) electrons. The van der Waals surface area contributed by atoms with E-state index in [1.807, 2.05) is 0 Å². The molecule has 2 fully saturated rings. The molecule has 1 aromatic carbocycles. The molecule has 2 aliphatic heterocycles. The topological polar surface area (TPSA) is 34.1 Å². The first-order chi connectivity index (χ1) is 11.2. The summed E-state index contributed by atoms with van der Waals surface area (Å²) in [6.07, 6.45) is -1.10. The third-order valence-corrected chi connectivity index (χ3v) is 7.09. The third kappa shape index (κ3) is 3.71. The SMILES string of the molecule is O=C(Cc1cc(F)cc(C(F)(F)F)c1)C1CC2CCCC(C1)S2=O. The van der Waals surface area contributed by atoms with Crippen LogP contribution in [0.1, 0.15) is 43.2 Å². The minimum atomic E-state index is -4.64. The van der Waals surface area contributed by atoms with Crippen molar-refractivity contribution in [2.45, 2.75) is 55.2 Å². The zero-order chi connectivity index (χ0) is 17.5. The average Bonchev–Trinajstić information content (AvgIpc) is 2.45. The molecule has 0 spiro atoms. The second-order valence-corrected chi connectivity index (χ2v) is 8.65. The standard InChI is InChI=1S/C17H18F4O2S/c18-13-5-10(4-12(9-13)17(19,20)21)6-16(22)11-7-14-2-1-3-15(8-11)24(14)23/h4-5,9,11,14-15H,1-3,6-8H2. The lowest BCUT2D eigenvalue weighted by atomic mass is 9.84. The van der Waals surface area contributed by atoms with E-state index >= 15 is 0 Å². The minimum absolute atomic E-state index is 0.0182. The zero-order valence-electron chi connectivity index (χ0n) is 12.9. The quantitative estimate of drug-likeness (QED) is 0.761. The van der Waals surface area contributed by atoms with Gasteiger partial charge in [-0.15, -0.1) is 0 Å². The first-order valence-corrected chi connectivity index (χ1v) is 9.30. The molecule has 0 aliphatic carbocycles. The van der Waals surface area contributed by atoms with Crippen LogP contribution in [0.2, 0.25) is 0 Å². The maximum absolute atomic E-state index is 13.4. The van der Waals surface area contributed by atoms with Crippen LogP contribution in [0.4, 0.5) is 17.6 Å². The van der Waals surface area contributed by atoms with Crippen LogP contribution < -0.4 is 0 Å². The van der Waals surface area contributed by atoms with Gasteiger partial charge in [0.05, 0.1) is 5.56 Å². The molecule has 7 heteroatoms. The van der Waals surface area contributed by atoms with E-state index in [-0.39, 0.29) is 34.2 Å². The molecule has 2 heterocycles. The van der Waals surface area contributed by atoms with Gasteiger partial charge in [0.15, 0.2) is 0 Å². The van der Waals surface area contributed by atoms with Crippen LogP contribution in [-0.4, -0.2) is 20.5 Å². The van der Waals surface area contributed by atoms with Crippen molar-refractivity contribution >= 4 is 16.6 Å². The Morgan fingerprint density at radius 1 is 1.12 bits per heavy atom. The molecule has 2 nitrogen and oxygen atoms in total. The van der Waals surface area contributed by atoms with Gasteiger partial charge in [0.2, 0.25) is 0 Å². The Labute approximate surface area is 140 Å². The summed E-state index contributed by atoms with van der Waals surface area (Å²) in [6, 6.07) is 2.25. The van der Waals surface area contributed by atoms with Crippen LogP contribution in [0.25, 0.3) is 0 Å². The van der Waals surface area contributed by atoms with Gasteiger partial charge in [-0.05, 0) is 49.4 Å². The van der Waals surface area contributed by atoms with Gasteiger partial charge in [0.25, 0.3) is 0 Å². The fourth-order valence-corrected chi connectivity index (χ4v) is 5.94. The maximum Gasteiger partial charge on any atom is 0.416 e. The number of hydrogen-bond acceptors (Lipinski definition) is 2. The van der Waals surface area contributed by atoms with Crippen LogP contribution in [0.15, 0.2) is 18.2 Å². The molecule has 2 aliphatic rings. The van der Waals surface area contributed by atoms with E-state index in [2.05, 4.69) is 0 Å². The number of hydrogen-bond donors (Lipinski definition) is 0. The monoisotopic (exact) mass is 362 g/mol. The smallest absolute Gasteiger partial charge is 0.299 e. The highest BCUT2D eigenvalue weighted by atomic mass is 32.2. The van der Waals surface area contributed by atoms with Gasteiger partial charge in [0.1, 0.15) is 11.6 Å². The molecule has 3 rings (SSSR count). The maximum atomic E-state index is 13.4. The molecular formula is C17H18F4O2S. The molecule has 132 valence electrons. The third-order valence-electron chi connectivity index (χ3n) is 4.92. The van der Waals surface area contributed by atoms with Gasteiger partial charge in [-0.2, -0.15) is 13.2 Å². The molecule has 0 amide bonds. The summed E-state index contributed by atoms with van der Waals surface area (Å²) < 4.78 is 63.9. The van der Waals surface area contributed by atoms with E-state index in [4.69, 9.17) is 0 Å². The van der Waals surface area contributed by atoms with Crippen molar-refractivity contribution < 1.29 is 26.6 Å². The van der Waals surface area contributed by atoms with E-state index in [1.54, 1.807) is 0 Å². The Kier molecular flexibility index (Phi) is 4.82. The largest absolute Gasteiger partial charge is 0.416 e. The summed E-state index contributed by atoms with van der Waals surface area (Å²) >= 11 is 0. The van der Waals surface area contributed by atoms with Crippen LogP contribution in [0.3, 0.4) is 0 Å². The van der Waals surface area contributed by atoms with Crippen molar-refractivity contribution in [3.63, 3.8) is 0 Å². The Morgan fingerprint density at radius 3 is 2.33 bits per heavy atom. The highest BCUT2D eigenvalue weighted by Gasteiger charge is 2.40. The first-order valence-electron chi connectivity index (χ1n) is 8.03. The number of rotatable bonds is 3. The van der Waals surface area contributed by atoms with Crippen molar-refractivity contribution in [1.29, 1.82) is 0 Å². The fourth-order valence-electron chi connectivity index (χ4n) is 3.76. The molecule has 0 saturated carbocycles. The predicted octanol–water partition coefficient (Wildman–Crippen LogP) is 4.04. The van der Waals surface area contributed by atoms with Gasteiger partial charge in [-0.1, -0.05) is 6.42 Å². The second-order valence-electron chi connectivity index (χ2n) is 6.66. The van der Waals surface area contributed by atoms with Gasteiger partial charge < -0.3 is 0 Å². The van der Waals surface area contributed by atoms with Gasteiger partial charge in [-0.3, -0.25) is 9.00 Å². The molecule has 24 heavy (non-hydrogen) atoms. The molecule has 0 aromatic heterocycles. The summed E-state index contributed by atoms with van der Waals surface area (Å²) in [5.41, 5.74) is -1.03. The number of fused-ring (bicyclic) bond motifs is 2. The summed E-state index contributed by atoms with van der Waals surface area (Å²) in [7, 11) is -0.900. The summed E-state index contributed by atoms with van der Waals surface area (Å²) in [4.78, 5) is 12.5. The number of benzene rings is 1. The minimum Gasteiger partial charge on any atom is -0.299 e. The van der Waals surface area contributed by atoms with E-state index in [9.17, 15) is 26.6 Å². The number of carbonyl (C=O) groups is 1. The zero-order valence-corrected chi connectivity index (χ0v) is 13.8. The van der Waals surface area contributed by atoms with Crippen molar-refractivity contribution in [2.75, 3.05) is 0 Å². The van der Waals surface area contributed by atoms with Gasteiger partial charge in [0, 0.05) is 33.6 Å². The number of ketones is 1. The van der Waals surface area contributed by atoms with E-state index in [0.717, 1.165) is 31.4 Å². The molecule has 2 saturated heterocycles. The van der Waals surface area contributed by atoms with E-state index in [0.29, 0.717) is 18.9 Å². The van der Waals surface area contributed by atoms with Crippen molar-refractivity contribution in [2.24, 2.45) is 5.92 Å². The van der Waals surface area contributed by atoms with Crippen LogP contribution in [0.5, 0.6) is 0 Å². The average molecular weight is 362 g/mol. The van der Waals surface area contributed by atoms with Gasteiger partial charge in [-0.25, -0.2) is 4.39 Å². The lowest BCUT2D eigenvalue weighted by Crippen LogP contribution is -2.41. The number of alkyl halides is 3. The Balaban J connectivity index is 1.73. The molecular weight excluding hydrogens is 344 g/mol. The normalized spacial score (nSPS) is 30.2. The lowest BCUT2D eigenvalue weighted by Gasteiger charge is -2.37. The van der Waals surface area contributed by atoms with E-state index < -0.39 is 28.4 Å². The molecule has 1 aromatic rings. The number of carbonyl (C=O) groups excluding carboxylic acids is 1. The Bertz CT molecular complexity index is 655. The van der Waals surface area contributed by atoms with Crippen molar-refractivity contribution in [3.8, 4) is 0 Å². The summed E-state index contributed by atoms with van der Waals surface area (Å²) in [5.74, 6) is -1.45. The second kappa shape index (κ2) is 6.58. The molecule has 2 bridgehead atoms. The van der Waals surface area contributed by atoms with Crippen LogP contribution in [-0.2, 0) is 28.2 Å². The van der Waals surface area contributed by atoms with Crippen LogP contribution in [0, 0.1) is 11.7 Å². The summed E-state index contributed by atoms with van der Waals surface area (Å²) in [6.45, 7) is 0. The first kappa shape index (κ1) is 17.6. The predicted molar refractivity (Wildman–Crippen MR) is 82.4 cm³/mol. The lowest BCUT2D eigenvalue weighted by molar-refractivity contribution is -0.138. The highest BCUT2D eigenvalue weighted by molar-refractivity contribution is 7.86. The summed E-state index contributed by atoms with van der Waals surface area (Å²) in [5, 5.41) is 0.0365.